The van der Waals surface area contributed by atoms with Crippen molar-refractivity contribution in [2.24, 2.45) is 0 Å². The Bertz CT molecular complexity index is 703. The molecule has 2 aliphatic heterocycles. The van der Waals surface area contributed by atoms with E-state index in [0.717, 1.165) is 57.9 Å². The summed E-state index contributed by atoms with van der Waals surface area (Å²) in [6.45, 7) is 12.6. The predicted molar refractivity (Wildman–Crippen MR) is 106 cm³/mol. The van der Waals surface area contributed by atoms with Gasteiger partial charge in [-0.3, -0.25) is 9.80 Å². The molecular formula is C19H34N4O3S. The van der Waals surface area contributed by atoms with Gasteiger partial charge in [-0.2, -0.15) is 0 Å². The lowest BCUT2D eigenvalue weighted by molar-refractivity contribution is 0.0884. The van der Waals surface area contributed by atoms with E-state index in [1.807, 2.05) is 11.5 Å². The molecule has 2 saturated heterocycles. The molecule has 2 aliphatic rings. The molecule has 154 valence electrons. The van der Waals surface area contributed by atoms with Crippen LogP contribution in [-0.2, 0) is 27.7 Å². The fourth-order valence-corrected chi connectivity index (χ4v) is 5.44. The number of imidazole rings is 1. The van der Waals surface area contributed by atoms with Crippen LogP contribution >= 0.6 is 0 Å². The van der Waals surface area contributed by atoms with E-state index < -0.39 is 9.84 Å². The van der Waals surface area contributed by atoms with E-state index in [9.17, 15) is 8.42 Å². The molecule has 3 rings (SSSR count). The number of hydrogen-bond donors (Lipinski definition) is 0. The second-order valence-corrected chi connectivity index (χ2v) is 10.0. The lowest BCUT2D eigenvalue weighted by Crippen LogP contribution is -2.48. The summed E-state index contributed by atoms with van der Waals surface area (Å²) in [6.07, 6.45) is 4.47. The van der Waals surface area contributed by atoms with Gasteiger partial charge in [0.2, 0.25) is 15.0 Å². The molecule has 1 aromatic rings. The van der Waals surface area contributed by atoms with E-state index in [0.29, 0.717) is 19.0 Å². The van der Waals surface area contributed by atoms with Gasteiger partial charge in [0.15, 0.2) is 0 Å². The summed E-state index contributed by atoms with van der Waals surface area (Å²) in [5.74, 6) is 0.141. The molecule has 0 spiro atoms. The molecule has 0 aliphatic carbocycles. The van der Waals surface area contributed by atoms with Crippen LogP contribution in [0.25, 0.3) is 0 Å². The molecule has 2 fully saturated rings. The highest BCUT2D eigenvalue weighted by molar-refractivity contribution is 7.91. The van der Waals surface area contributed by atoms with Crippen molar-refractivity contribution in [2.75, 3.05) is 38.5 Å². The lowest BCUT2D eigenvalue weighted by atomic mass is 10.2. The third-order valence-corrected chi connectivity index (χ3v) is 7.41. The Balaban J connectivity index is 1.77. The highest BCUT2D eigenvalue weighted by Crippen LogP contribution is 2.21. The van der Waals surface area contributed by atoms with Crippen LogP contribution in [0.5, 0.6) is 0 Å². The van der Waals surface area contributed by atoms with Gasteiger partial charge in [-0.25, -0.2) is 13.4 Å². The molecular weight excluding hydrogens is 364 g/mol. The number of nitrogens with zero attached hydrogens (tertiary/aromatic N) is 4. The van der Waals surface area contributed by atoms with Gasteiger partial charge in [-0.1, -0.05) is 6.92 Å². The summed E-state index contributed by atoms with van der Waals surface area (Å²) in [6, 6.07) is 0.572. The van der Waals surface area contributed by atoms with E-state index in [4.69, 9.17) is 4.74 Å². The first-order chi connectivity index (χ1) is 12.9. The first-order valence-electron chi connectivity index (χ1n) is 10.3. The van der Waals surface area contributed by atoms with Gasteiger partial charge >= 0.3 is 0 Å². The van der Waals surface area contributed by atoms with Crippen molar-refractivity contribution in [3.63, 3.8) is 0 Å². The van der Waals surface area contributed by atoms with Crippen LogP contribution in [0.15, 0.2) is 11.4 Å². The van der Waals surface area contributed by atoms with Gasteiger partial charge in [0.25, 0.3) is 0 Å². The minimum Gasteiger partial charge on any atom is -0.376 e. The lowest BCUT2D eigenvalue weighted by Gasteiger charge is -2.37. The van der Waals surface area contributed by atoms with Gasteiger partial charge in [0.1, 0.15) is 0 Å². The largest absolute Gasteiger partial charge is 0.376 e. The average Bonchev–Trinajstić information content (AvgIpc) is 3.27. The van der Waals surface area contributed by atoms with Crippen LogP contribution in [0.1, 0.15) is 45.7 Å². The fraction of sp³-hybridized carbons (Fsp3) is 0.842. The van der Waals surface area contributed by atoms with E-state index in [2.05, 4.69) is 28.6 Å². The van der Waals surface area contributed by atoms with Gasteiger partial charge in [-0.15, -0.1) is 0 Å². The van der Waals surface area contributed by atoms with Crippen molar-refractivity contribution < 1.29 is 13.2 Å². The van der Waals surface area contributed by atoms with Crippen molar-refractivity contribution in [3.05, 3.63) is 11.9 Å². The highest BCUT2D eigenvalue weighted by atomic mass is 32.2. The van der Waals surface area contributed by atoms with Crippen molar-refractivity contribution in [2.45, 2.75) is 70.4 Å². The van der Waals surface area contributed by atoms with Crippen LogP contribution in [0.2, 0.25) is 0 Å². The van der Waals surface area contributed by atoms with Crippen LogP contribution in [0.3, 0.4) is 0 Å². The second-order valence-electron chi connectivity index (χ2n) is 8.00. The van der Waals surface area contributed by atoms with Crippen LogP contribution in [0.4, 0.5) is 0 Å². The van der Waals surface area contributed by atoms with Crippen LogP contribution in [0, 0.1) is 0 Å². The number of rotatable bonds is 8. The predicted octanol–water partition coefficient (Wildman–Crippen LogP) is 1.77. The van der Waals surface area contributed by atoms with Crippen LogP contribution in [-0.4, -0.2) is 78.5 Å². The molecule has 0 bridgehead atoms. The van der Waals surface area contributed by atoms with Crippen molar-refractivity contribution >= 4 is 9.84 Å². The maximum absolute atomic E-state index is 12.7. The molecule has 0 N–H and O–H groups in total. The Labute approximate surface area is 163 Å². The Morgan fingerprint density at radius 2 is 2.00 bits per heavy atom. The Morgan fingerprint density at radius 1 is 1.26 bits per heavy atom. The van der Waals surface area contributed by atoms with E-state index in [1.165, 1.54) is 0 Å². The zero-order chi connectivity index (χ0) is 19.4. The molecule has 3 heterocycles. The standard InChI is InChI=1S/C19H34N4O3S/c1-4-12-27(24,25)19-20-13-17(23(19)15-18-6-5-11-26-18)14-21-7-9-22(10-8-21)16(2)3/h13,16,18H,4-12,14-15H2,1-3H3. The van der Waals surface area contributed by atoms with Gasteiger partial charge < -0.3 is 9.30 Å². The number of hydrogen-bond acceptors (Lipinski definition) is 6. The third-order valence-electron chi connectivity index (χ3n) is 5.59. The summed E-state index contributed by atoms with van der Waals surface area (Å²) in [7, 11) is -3.35. The summed E-state index contributed by atoms with van der Waals surface area (Å²) >= 11 is 0. The molecule has 1 unspecified atom stereocenters. The molecule has 8 heteroatoms. The van der Waals surface area contributed by atoms with Gasteiger partial charge in [0, 0.05) is 45.4 Å². The molecule has 0 radical (unpaired) electrons. The van der Waals surface area contributed by atoms with Gasteiger partial charge in [0.05, 0.1) is 30.3 Å². The molecule has 27 heavy (non-hydrogen) atoms. The maximum atomic E-state index is 12.7. The van der Waals surface area contributed by atoms with Gasteiger partial charge in [-0.05, 0) is 33.1 Å². The number of ether oxygens (including phenoxy) is 1. The van der Waals surface area contributed by atoms with Crippen molar-refractivity contribution in [1.29, 1.82) is 0 Å². The topological polar surface area (TPSA) is 67.7 Å². The molecule has 0 amide bonds. The smallest absolute Gasteiger partial charge is 0.227 e. The minimum atomic E-state index is -3.35. The number of sulfone groups is 1. The van der Waals surface area contributed by atoms with E-state index >= 15 is 0 Å². The second kappa shape index (κ2) is 9.03. The minimum absolute atomic E-state index is 0.0892. The summed E-state index contributed by atoms with van der Waals surface area (Å²) in [4.78, 5) is 9.22. The van der Waals surface area contributed by atoms with Crippen molar-refractivity contribution in [1.82, 2.24) is 19.4 Å². The summed E-state index contributed by atoms with van der Waals surface area (Å²) in [5, 5.41) is 0.218. The van der Waals surface area contributed by atoms with E-state index in [1.54, 1.807) is 6.20 Å². The van der Waals surface area contributed by atoms with E-state index in [-0.39, 0.29) is 17.0 Å². The Hall–Kier alpha value is -0.960. The zero-order valence-corrected chi connectivity index (χ0v) is 17.7. The highest BCUT2D eigenvalue weighted by Gasteiger charge is 2.27. The first-order valence-corrected chi connectivity index (χ1v) is 11.9. The van der Waals surface area contributed by atoms with Crippen molar-refractivity contribution in [3.8, 4) is 0 Å². The third kappa shape index (κ3) is 5.10. The normalized spacial score (nSPS) is 22.7. The average molecular weight is 399 g/mol. The summed E-state index contributed by atoms with van der Waals surface area (Å²) < 4.78 is 33.1. The number of piperazine rings is 1. The Morgan fingerprint density at radius 3 is 2.59 bits per heavy atom. The zero-order valence-electron chi connectivity index (χ0n) is 16.9. The SMILES string of the molecule is CCCS(=O)(=O)c1ncc(CN2CCN(C(C)C)CC2)n1CC1CCCO1. The maximum Gasteiger partial charge on any atom is 0.227 e. The molecule has 1 aromatic heterocycles. The molecule has 1 atom stereocenters. The Kier molecular flexibility index (Phi) is 6.94. The summed E-state index contributed by atoms with van der Waals surface area (Å²) in [5.41, 5.74) is 0.984. The van der Waals surface area contributed by atoms with Crippen LogP contribution < -0.4 is 0 Å². The first kappa shape index (κ1) is 20.8. The number of aromatic nitrogens is 2. The monoisotopic (exact) mass is 398 g/mol. The molecule has 0 aromatic carbocycles. The molecule has 0 saturated carbocycles. The molecule has 7 nitrogen and oxygen atoms in total. The quantitative estimate of drug-likeness (QED) is 0.665. The fourth-order valence-electron chi connectivity index (χ4n) is 3.98.